The van der Waals surface area contributed by atoms with Gasteiger partial charge in [0.2, 0.25) is 12.3 Å². The molecule has 0 aliphatic carbocycles. The van der Waals surface area contributed by atoms with E-state index >= 15 is 0 Å². The first-order valence-electron chi connectivity index (χ1n) is 6.35. The number of carbonyl (C=O) groups is 3. The van der Waals surface area contributed by atoms with E-state index in [4.69, 9.17) is 0 Å². The van der Waals surface area contributed by atoms with Crippen molar-refractivity contribution in [3.8, 4) is 0 Å². The van der Waals surface area contributed by atoms with Crippen LogP contribution in [0, 0.1) is 0 Å². The fraction of sp³-hybridized carbons (Fsp3) is 0.357. The zero-order chi connectivity index (χ0) is 14.7. The lowest BCUT2D eigenvalue weighted by molar-refractivity contribution is -0.125. The summed E-state index contributed by atoms with van der Waals surface area (Å²) in [5, 5.41) is 2.10. The molecule has 20 heavy (non-hydrogen) atoms. The number of amides is 3. The molecule has 1 atom stereocenters. The summed E-state index contributed by atoms with van der Waals surface area (Å²) in [6.07, 6.45) is 1.13. The van der Waals surface area contributed by atoms with Crippen molar-refractivity contribution in [2.75, 3.05) is 0 Å². The van der Waals surface area contributed by atoms with Gasteiger partial charge in [0.15, 0.2) is 0 Å². The number of fused-ring (bicyclic) bond motifs is 1. The van der Waals surface area contributed by atoms with Crippen LogP contribution in [0.5, 0.6) is 0 Å². The summed E-state index contributed by atoms with van der Waals surface area (Å²) < 4.78 is 0.948. The lowest BCUT2D eigenvalue weighted by Gasteiger charge is -2.23. The number of carbonyl (C=O) groups excluding carboxylic acids is 3. The molecule has 1 aliphatic heterocycles. The van der Waals surface area contributed by atoms with Gasteiger partial charge in [-0.25, -0.2) is 0 Å². The standard InChI is InChI=1S/C14H15BrN2O3/c1-9(2-5-13(19)16-8-18)17-7-10-6-11(15)3-4-12(10)14(17)20/h3-4,6,8-9H,2,5,7H2,1H3,(H,16,18,19). The molecule has 0 saturated heterocycles. The predicted octanol–water partition coefficient (Wildman–Crippen LogP) is 1.85. The summed E-state index contributed by atoms with van der Waals surface area (Å²) in [6, 6.07) is 5.56. The fourth-order valence-corrected chi connectivity index (χ4v) is 2.71. The van der Waals surface area contributed by atoms with Gasteiger partial charge in [0, 0.05) is 29.0 Å². The van der Waals surface area contributed by atoms with Gasteiger partial charge < -0.3 is 4.90 Å². The third-order valence-electron chi connectivity index (χ3n) is 3.44. The van der Waals surface area contributed by atoms with Crippen molar-refractivity contribution in [1.82, 2.24) is 10.2 Å². The second-order valence-electron chi connectivity index (χ2n) is 4.81. The molecule has 0 spiro atoms. The minimum atomic E-state index is -0.321. The van der Waals surface area contributed by atoms with E-state index in [1.165, 1.54) is 0 Å². The predicted molar refractivity (Wildman–Crippen MR) is 76.9 cm³/mol. The van der Waals surface area contributed by atoms with E-state index in [0.29, 0.717) is 19.4 Å². The second-order valence-corrected chi connectivity index (χ2v) is 5.72. The largest absolute Gasteiger partial charge is 0.332 e. The number of rotatable bonds is 5. The second kappa shape index (κ2) is 6.17. The van der Waals surface area contributed by atoms with Gasteiger partial charge in [-0.05, 0) is 37.1 Å². The van der Waals surface area contributed by atoms with Crippen LogP contribution in [-0.4, -0.2) is 29.2 Å². The third-order valence-corrected chi connectivity index (χ3v) is 3.93. The van der Waals surface area contributed by atoms with Crippen molar-refractivity contribution in [3.05, 3.63) is 33.8 Å². The Bertz CT molecular complexity index is 559. The first-order valence-corrected chi connectivity index (χ1v) is 7.14. The zero-order valence-electron chi connectivity index (χ0n) is 11.1. The maximum atomic E-state index is 12.3. The van der Waals surface area contributed by atoms with Crippen molar-refractivity contribution < 1.29 is 14.4 Å². The van der Waals surface area contributed by atoms with Gasteiger partial charge in [-0.3, -0.25) is 19.7 Å². The van der Waals surface area contributed by atoms with Crippen LogP contribution in [0.25, 0.3) is 0 Å². The van der Waals surface area contributed by atoms with E-state index in [2.05, 4.69) is 21.2 Å². The molecule has 1 aromatic rings. The van der Waals surface area contributed by atoms with Gasteiger partial charge in [-0.1, -0.05) is 15.9 Å². The van der Waals surface area contributed by atoms with Crippen LogP contribution in [0.15, 0.2) is 22.7 Å². The minimum absolute atomic E-state index is 0.00389. The van der Waals surface area contributed by atoms with Gasteiger partial charge in [0.1, 0.15) is 0 Å². The minimum Gasteiger partial charge on any atom is -0.332 e. The normalized spacial score (nSPS) is 14.9. The Kier molecular flexibility index (Phi) is 4.54. The molecule has 0 aromatic heterocycles. The summed E-state index contributed by atoms with van der Waals surface area (Å²) in [4.78, 5) is 35.4. The molecule has 0 fully saturated rings. The maximum absolute atomic E-state index is 12.3. The summed E-state index contributed by atoms with van der Waals surface area (Å²) in [5.74, 6) is -0.324. The number of nitrogens with one attached hydrogen (secondary N) is 1. The van der Waals surface area contributed by atoms with Crippen LogP contribution < -0.4 is 5.32 Å². The van der Waals surface area contributed by atoms with E-state index in [1.807, 2.05) is 25.1 Å². The molecule has 6 heteroatoms. The molecule has 1 heterocycles. The lowest BCUT2D eigenvalue weighted by Crippen LogP contribution is -2.34. The highest BCUT2D eigenvalue weighted by atomic mass is 79.9. The highest BCUT2D eigenvalue weighted by Crippen LogP contribution is 2.28. The van der Waals surface area contributed by atoms with E-state index < -0.39 is 0 Å². The molecule has 0 bridgehead atoms. The Hall–Kier alpha value is -1.69. The number of halogens is 1. The monoisotopic (exact) mass is 338 g/mol. The van der Waals surface area contributed by atoms with E-state index in [0.717, 1.165) is 15.6 Å². The van der Waals surface area contributed by atoms with Crippen LogP contribution in [0.1, 0.15) is 35.7 Å². The molecule has 2 rings (SSSR count). The van der Waals surface area contributed by atoms with Crippen molar-refractivity contribution in [1.29, 1.82) is 0 Å². The smallest absolute Gasteiger partial charge is 0.254 e. The maximum Gasteiger partial charge on any atom is 0.254 e. The number of benzene rings is 1. The van der Waals surface area contributed by atoms with Gasteiger partial charge in [0.05, 0.1) is 0 Å². The Morgan fingerprint density at radius 1 is 1.55 bits per heavy atom. The van der Waals surface area contributed by atoms with Crippen LogP contribution in [-0.2, 0) is 16.1 Å². The lowest BCUT2D eigenvalue weighted by atomic mass is 10.1. The van der Waals surface area contributed by atoms with Gasteiger partial charge in [0.25, 0.3) is 5.91 Å². The topological polar surface area (TPSA) is 66.5 Å². The Morgan fingerprint density at radius 3 is 3.00 bits per heavy atom. The molecular formula is C14H15BrN2O3. The van der Waals surface area contributed by atoms with Crippen LogP contribution in [0.2, 0.25) is 0 Å². The van der Waals surface area contributed by atoms with Crippen molar-refractivity contribution in [3.63, 3.8) is 0 Å². The Labute approximate surface area is 125 Å². The molecule has 1 aliphatic rings. The first kappa shape index (κ1) is 14.7. The zero-order valence-corrected chi connectivity index (χ0v) is 12.6. The number of hydrogen-bond acceptors (Lipinski definition) is 3. The van der Waals surface area contributed by atoms with E-state index in [1.54, 1.807) is 4.90 Å². The molecule has 3 amide bonds. The van der Waals surface area contributed by atoms with Crippen LogP contribution in [0.4, 0.5) is 0 Å². The van der Waals surface area contributed by atoms with Crippen LogP contribution in [0.3, 0.4) is 0 Å². The van der Waals surface area contributed by atoms with E-state index in [-0.39, 0.29) is 24.3 Å². The average molecular weight is 339 g/mol. The van der Waals surface area contributed by atoms with Gasteiger partial charge in [-0.2, -0.15) is 0 Å². The Morgan fingerprint density at radius 2 is 2.30 bits per heavy atom. The van der Waals surface area contributed by atoms with Crippen LogP contribution >= 0.6 is 15.9 Å². The molecule has 0 radical (unpaired) electrons. The highest BCUT2D eigenvalue weighted by molar-refractivity contribution is 9.10. The summed E-state index contributed by atoms with van der Waals surface area (Å²) in [5.41, 5.74) is 1.71. The molecular weight excluding hydrogens is 324 g/mol. The van der Waals surface area contributed by atoms with Crippen molar-refractivity contribution in [2.45, 2.75) is 32.4 Å². The SMILES string of the molecule is CC(CCC(=O)NC=O)N1Cc2cc(Br)ccc2C1=O. The summed E-state index contributed by atoms with van der Waals surface area (Å²) >= 11 is 3.39. The van der Waals surface area contributed by atoms with Crippen molar-refractivity contribution >= 4 is 34.2 Å². The number of hydrogen-bond donors (Lipinski definition) is 1. The van der Waals surface area contributed by atoms with Crippen molar-refractivity contribution in [2.24, 2.45) is 0 Å². The molecule has 1 N–H and O–H groups in total. The van der Waals surface area contributed by atoms with Gasteiger partial charge in [-0.15, -0.1) is 0 Å². The molecule has 1 unspecified atom stereocenters. The summed E-state index contributed by atoms with van der Waals surface area (Å²) in [7, 11) is 0. The quantitative estimate of drug-likeness (QED) is 0.833. The Balaban J connectivity index is 1.99. The van der Waals surface area contributed by atoms with Gasteiger partial charge >= 0.3 is 0 Å². The number of imide groups is 1. The third kappa shape index (κ3) is 3.07. The summed E-state index contributed by atoms with van der Waals surface area (Å²) in [6.45, 7) is 2.47. The average Bonchev–Trinajstić information content (AvgIpc) is 2.73. The molecule has 5 nitrogen and oxygen atoms in total. The fourth-order valence-electron chi connectivity index (χ4n) is 2.30. The molecule has 106 valence electrons. The van der Waals surface area contributed by atoms with E-state index in [9.17, 15) is 14.4 Å². The highest BCUT2D eigenvalue weighted by Gasteiger charge is 2.30. The molecule has 1 aromatic carbocycles. The first-order chi connectivity index (χ1) is 9.52. The molecule has 0 saturated carbocycles. The number of nitrogens with zero attached hydrogens (tertiary/aromatic N) is 1.